The first-order chi connectivity index (χ1) is 6.68. The van der Waals surface area contributed by atoms with Gasteiger partial charge in [0.15, 0.2) is 0 Å². The maximum Gasteiger partial charge on any atom is 0.229 e. The highest BCUT2D eigenvalue weighted by atomic mass is 16.3. The summed E-state index contributed by atoms with van der Waals surface area (Å²) in [7, 11) is 0. The number of rotatable bonds is 2. The zero-order chi connectivity index (χ0) is 10.1. The van der Waals surface area contributed by atoms with Crippen LogP contribution in [0.25, 0.3) is 0 Å². The molecule has 2 amide bonds. The van der Waals surface area contributed by atoms with Crippen LogP contribution in [0.5, 0.6) is 0 Å². The van der Waals surface area contributed by atoms with Crippen molar-refractivity contribution >= 4 is 11.8 Å². The van der Waals surface area contributed by atoms with Crippen LogP contribution in [0.1, 0.15) is 32.1 Å². The lowest BCUT2D eigenvalue weighted by molar-refractivity contribution is -0.139. The Morgan fingerprint density at radius 1 is 1.21 bits per heavy atom. The molecular formula is C10H15NO3. The van der Waals surface area contributed by atoms with Crippen LogP contribution in [-0.4, -0.2) is 34.5 Å². The first kappa shape index (κ1) is 9.65. The van der Waals surface area contributed by atoms with Gasteiger partial charge in [0.1, 0.15) is 0 Å². The van der Waals surface area contributed by atoms with E-state index in [1.54, 1.807) is 0 Å². The summed E-state index contributed by atoms with van der Waals surface area (Å²) in [5.41, 5.74) is 0. The van der Waals surface area contributed by atoms with E-state index in [4.69, 9.17) is 0 Å². The summed E-state index contributed by atoms with van der Waals surface area (Å²) >= 11 is 0. The minimum Gasteiger partial charge on any atom is -0.393 e. The summed E-state index contributed by atoms with van der Waals surface area (Å²) in [5, 5.41) is 9.57. The van der Waals surface area contributed by atoms with E-state index in [1.807, 2.05) is 0 Å². The van der Waals surface area contributed by atoms with E-state index in [1.165, 1.54) is 4.90 Å². The van der Waals surface area contributed by atoms with Crippen LogP contribution in [-0.2, 0) is 9.59 Å². The van der Waals surface area contributed by atoms with Crippen LogP contribution in [0.2, 0.25) is 0 Å². The Morgan fingerprint density at radius 2 is 1.86 bits per heavy atom. The van der Waals surface area contributed by atoms with E-state index in [9.17, 15) is 14.7 Å². The van der Waals surface area contributed by atoms with Gasteiger partial charge in [-0.05, 0) is 12.8 Å². The van der Waals surface area contributed by atoms with Crippen molar-refractivity contribution in [3.63, 3.8) is 0 Å². The molecule has 1 aliphatic carbocycles. The van der Waals surface area contributed by atoms with Crippen molar-refractivity contribution in [2.45, 2.75) is 38.2 Å². The van der Waals surface area contributed by atoms with Gasteiger partial charge in [-0.15, -0.1) is 0 Å². The van der Waals surface area contributed by atoms with E-state index < -0.39 is 0 Å². The van der Waals surface area contributed by atoms with Crippen LogP contribution in [0.15, 0.2) is 0 Å². The molecule has 2 rings (SSSR count). The first-order valence-corrected chi connectivity index (χ1v) is 5.20. The molecule has 4 heteroatoms. The molecule has 78 valence electrons. The Balaban J connectivity index is 1.96. The SMILES string of the molecule is O=C1CCC(=O)N1CC1CCCC1O. The van der Waals surface area contributed by atoms with Gasteiger partial charge < -0.3 is 5.11 Å². The average molecular weight is 197 g/mol. The summed E-state index contributed by atoms with van der Waals surface area (Å²) in [6.07, 6.45) is 3.11. The van der Waals surface area contributed by atoms with Crippen LogP contribution in [0, 0.1) is 5.92 Å². The van der Waals surface area contributed by atoms with Gasteiger partial charge >= 0.3 is 0 Å². The third-order valence-electron chi connectivity index (χ3n) is 3.19. The molecular weight excluding hydrogens is 182 g/mol. The maximum atomic E-state index is 11.3. The summed E-state index contributed by atoms with van der Waals surface area (Å²) in [5.74, 6) is -0.0378. The van der Waals surface area contributed by atoms with Gasteiger partial charge in [-0.1, -0.05) is 6.42 Å². The molecule has 2 aliphatic rings. The molecule has 0 aromatic carbocycles. The Labute approximate surface area is 82.9 Å². The number of nitrogens with zero attached hydrogens (tertiary/aromatic N) is 1. The van der Waals surface area contributed by atoms with Gasteiger partial charge in [-0.25, -0.2) is 0 Å². The van der Waals surface area contributed by atoms with Crippen LogP contribution >= 0.6 is 0 Å². The molecule has 0 aromatic heterocycles. The molecule has 2 atom stereocenters. The molecule has 2 unspecified atom stereocenters. The van der Waals surface area contributed by atoms with Crippen molar-refractivity contribution in [2.24, 2.45) is 5.92 Å². The number of aliphatic hydroxyl groups is 1. The average Bonchev–Trinajstić information content (AvgIpc) is 2.67. The lowest BCUT2D eigenvalue weighted by Crippen LogP contribution is -2.36. The second kappa shape index (κ2) is 3.69. The van der Waals surface area contributed by atoms with Crippen LogP contribution in [0.4, 0.5) is 0 Å². The number of likely N-dealkylation sites (tertiary alicyclic amines) is 1. The monoisotopic (exact) mass is 197 g/mol. The molecule has 1 saturated carbocycles. The smallest absolute Gasteiger partial charge is 0.229 e. The first-order valence-electron chi connectivity index (χ1n) is 5.20. The Hall–Kier alpha value is -0.900. The molecule has 0 bridgehead atoms. The highest BCUT2D eigenvalue weighted by Crippen LogP contribution is 2.27. The minimum atomic E-state index is -0.323. The molecule has 1 heterocycles. The van der Waals surface area contributed by atoms with E-state index in [2.05, 4.69) is 0 Å². The third kappa shape index (κ3) is 1.66. The number of amides is 2. The zero-order valence-electron chi connectivity index (χ0n) is 8.11. The van der Waals surface area contributed by atoms with E-state index in [0.717, 1.165) is 19.3 Å². The highest BCUT2D eigenvalue weighted by molar-refractivity contribution is 6.01. The fourth-order valence-electron chi connectivity index (χ4n) is 2.29. The Kier molecular flexibility index (Phi) is 2.54. The van der Waals surface area contributed by atoms with Gasteiger partial charge in [0.2, 0.25) is 11.8 Å². The molecule has 0 aromatic rings. The fraction of sp³-hybridized carbons (Fsp3) is 0.800. The molecule has 0 spiro atoms. The van der Waals surface area contributed by atoms with E-state index in [-0.39, 0.29) is 23.8 Å². The minimum absolute atomic E-state index is 0.0749. The van der Waals surface area contributed by atoms with Gasteiger partial charge in [-0.2, -0.15) is 0 Å². The van der Waals surface area contributed by atoms with Gasteiger partial charge in [-0.3, -0.25) is 14.5 Å². The number of imide groups is 1. The molecule has 1 saturated heterocycles. The summed E-state index contributed by atoms with van der Waals surface area (Å²) < 4.78 is 0. The molecule has 2 fully saturated rings. The van der Waals surface area contributed by atoms with Gasteiger partial charge in [0.05, 0.1) is 6.10 Å². The summed E-state index contributed by atoms with van der Waals surface area (Å²) in [4.78, 5) is 23.9. The predicted octanol–water partition coefficient (Wildman–Crippen LogP) is 0.296. The fourth-order valence-corrected chi connectivity index (χ4v) is 2.29. The van der Waals surface area contributed by atoms with Gasteiger partial charge in [0, 0.05) is 25.3 Å². The van der Waals surface area contributed by atoms with Crippen LogP contribution < -0.4 is 0 Å². The number of carbonyl (C=O) groups is 2. The molecule has 4 nitrogen and oxygen atoms in total. The predicted molar refractivity (Wildman–Crippen MR) is 49.3 cm³/mol. The molecule has 1 N–H and O–H groups in total. The van der Waals surface area contributed by atoms with Crippen molar-refractivity contribution in [3.05, 3.63) is 0 Å². The van der Waals surface area contributed by atoms with Crippen LogP contribution in [0.3, 0.4) is 0 Å². The largest absolute Gasteiger partial charge is 0.393 e. The van der Waals surface area contributed by atoms with E-state index >= 15 is 0 Å². The number of hydrogen-bond donors (Lipinski definition) is 1. The Bertz CT molecular complexity index is 248. The third-order valence-corrected chi connectivity index (χ3v) is 3.19. The topological polar surface area (TPSA) is 57.6 Å². The second-order valence-corrected chi connectivity index (χ2v) is 4.16. The number of aliphatic hydroxyl groups excluding tert-OH is 1. The second-order valence-electron chi connectivity index (χ2n) is 4.16. The number of hydrogen-bond acceptors (Lipinski definition) is 3. The highest BCUT2D eigenvalue weighted by Gasteiger charge is 2.34. The molecule has 0 radical (unpaired) electrons. The van der Waals surface area contributed by atoms with Crippen molar-refractivity contribution < 1.29 is 14.7 Å². The van der Waals surface area contributed by atoms with Crippen molar-refractivity contribution in [3.8, 4) is 0 Å². The lowest BCUT2D eigenvalue weighted by atomic mass is 10.1. The van der Waals surface area contributed by atoms with Gasteiger partial charge in [0.25, 0.3) is 0 Å². The quantitative estimate of drug-likeness (QED) is 0.647. The van der Waals surface area contributed by atoms with Crippen molar-refractivity contribution in [1.82, 2.24) is 4.90 Å². The zero-order valence-corrected chi connectivity index (χ0v) is 8.11. The Morgan fingerprint density at radius 3 is 2.36 bits per heavy atom. The molecule has 1 aliphatic heterocycles. The van der Waals surface area contributed by atoms with Crippen molar-refractivity contribution in [2.75, 3.05) is 6.54 Å². The standard InChI is InChI=1S/C10H15NO3/c12-8-3-1-2-7(8)6-11-9(13)4-5-10(11)14/h7-8,12H,1-6H2. The summed E-state index contributed by atoms with van der Waals surface area (Å²) in [6, 6.07) is 0. The number of carbonyl (C=O) groups excluding carboxylic acids is 2. The summed E-state index contributed by atoms with van der Waals surface area (Å²) in [6.45, 7) is 0.429. The lowest BCUT2D eigenvalue weighted by Gasteiger charge is -2.20. The van der Waals surface area contributed by atoms with E-state index in [0.29, 0.717) is 19.4 Å². The van der Waals surface area contributed by atoms with Crippen molar-refractivity contribution in [1.29, 1.82) is 0 Å². The normalized spacial score (nSPS) is 33.1. The molecule has 14 heavy (non-hydrogen) atoms. The maximum absolute atomic E-state index is 11.3.